The molecule has 1 spiro atoms. The molecule has 2 N–H and O–H groups in total. The molecule has 1 amide bonds. The van der Waals surface area contributed by atoms with Crippen LogP contribution in [-0.2, 0) is 15.0 Å². The number of aromatic amines is 1. The number of ketones is 2. The first-order valence-corrected chi connectivity index (χ1v) is 11.7. The van der Waals surface area contributed by atoms with Crippen LogP contribution in [0, 0.1) is 0 Å². The second-order valence-corrected chi connectivity index (χ2v) is 9.46. The van der Waals surface area contributed by atoms with Crippen LogP contribution in [0.4, 0.5) is 5.69 Å². The van der Waals surface area contributed by atoms with Crippen molar-refractivity contribution in [1.82, 2.24) is 10.2 Å². The van der Waals surface area contributed by atoms with E-state index in [4.69, 9.17) is 4.74 Å². The number of hydrogen-bond acceptors (Lipinski definition) is 5. The van der Waals surface area contributed by atoms with Crippen LogP contribution < -0.4 is 10.1 Å². The molecule has 3 aromatic carbocycles. The van der Waals surface area contributed by atoms with E-state index in [1.54, 1.807) is 36.4 Å². The summed E-state index contributed by atoms with van der Waals surface area (Å²) < 4.78 is 7.00. The molecular weight excluding hydrogens is 510 g/mol. The van der Waals surface area contributed by atoms with Crippen LogP contribution in [0.15, 0.2) is 82.8 Å². The zero-order chi connectivity index (χ0) is 23.9. The average molecular weight is 524 g/mol. The van der Waals surface area contributed by atoms with Crippen LogP contribution >= 0.6 is 15.9 Å². The lowest BCUT2D eigenvalue weighted by Crippen LogP contribution is -2.47. The van der Waals surface area contributed by atoms with Gasteiger partial charge in [-0.25, -0.2) is 0 Å². The second kappa shape index (κ2) is 6.86. The molecule has 8 heteroatoms. The Hall–Kier alpha value is -4.30. The first-order valence-electron chi connectivity index (χ1n) is 10.9. The number of benzene rings is 3. The normalized spacial score (nSPS) is 19.6. The van der Waals surface area contributed by atoms with Crippen molar-refractivity contribution in [3.05, 3.63) is 105 Å². The number of nitrogens with one attached hydrogen (secondary N) is 2. The third kappa shape index (κ3) is 2.44. The number of H-pyrrole nitrogens is 1. The van der Waals surface area contributed by atoms with E-state index in [2.05, 4.69) is 31.4 Å². The van der Waals surface area contributed by atoms with Crippen molar-refractivity contribution < 1.29 is 19.1 Å². The summed E-state index contributed by atoms with van der Waals surface area (Å²) in [6, 6.07) is 21.5. The summed E-state index contributed by atoms with van der Waals surface area (Å²) in [5.41, 5.74) is 1.89. The predicted octanol–water partition coefficient (Wildman–Crippen LogP) is 4.65. The Labute approximate surface area is 206 Å². The van der Waals surface area contributed by atoms with Crippen molar-refractivity contribution in [3.8, 4) is 17.1 Å². The zero-order valence-electron chi connectivity index (χ0n) is 17.9. The number of amides is 1. The molecule has 7 nitrogen and oxygen atoms in total. The standard InChI is InChI=1S/C27H14BrN3O4/c28-14-10-11-17-18(12-14)29-26(34)27(17)19-21(13-6-2-1-3-7-13)30-31-25(19)35-24-16-9-5-4-8-15(16)22(32)23(33)20(24)27/h1-12H,(H,29,34)(H,30,31). The van der Waals surface area contributed by atoms with Crippen LogP contribution in [0.1, 0.15) is 27.0 Å². The molecule has 168 valence electrons. The predicted molar refractivity (Wildman–Crippen MR) is 131 cm³/mol. The van der Waals surface area contributed by atoms with Crippen molar-refractivity contribution in [3.63, 3.8) is 0 Å². The highest BCUT2D eigenvalue weighted by Gasteiger charge is 2.62. The number of carbonyl (C=O) groups is 3. The van der Waals surface area contributed by atoms with Crippen molar-refractivity contribution in [2.75, 3.05) is 5.32 Å². The van der Waals surface area contributed by atoms with E-state index in [0.29, 0.717) is 28.1 Å². The minimum absolute atomic E-state index is 0.00542. The Morgan fingerprint density at radius 2 is 1.60 bits per heavy atom. The number of carbonyl (C=O) groups excluding carboxylic acids is 3. The third-order valence-electron chi connectivity index (χ3n) is 6.80. The molecule has 35 heavy (non-hydrogen) atoms. The maximum atomic E-state index is 14.1. The zero-order valence-corrected chi connectivity index (χ0v) is 19.5. The summed E-state index contributed by atoms with van der Waals surface area (Å²) in [6.45, 7) is 0. The lowest BCUT2D eigenvalue weighted by atomic mass is 9.64. The van der Waals surface area contributed by atoms with Gasteiger partial charge in [-0.15, -0.1) is 5.10 Å². The van der Waals surface area contributed by atoms with Gasteiger partial charge in [0.25, 0.3) is 0 Å². The first-order chi connectivity index (χ1) is 17.0. The van der Waals surface area contributed by atoms with Crippen molar-refractivity contribution in [2.24, 2.45) is 0 Å². The number of halogens is 1. The number of ether oxygens (including phenoxy) is 1. The number of anilines is 1. The molecule has 1 aromatic heterocycles. The summed E-state index contributed by atoms with van der Waals surface area (Å²) in [4.78, 5) is 41.1. The topological polar surface area (TPSA) is 101 Å². The van der Waals surface area contributed by atoms with Crippen LogP contribution in [0.2, 0.25) is 0 Å². The fourth-order valence-corrected chi connectivity index (χ4v) is 5.72. The second-order valence-electron chi connectivity index (χ2n) is 8.55. The van der Waals surface area contributed by atoms with E-state index in [0.717, 1.165) is 10.0 Å². The van der Waals surface area contributed by atoms with Gasteiger partial charge in [0.2, 0.25) is 23.4 Å². The molecule has 4 aromatic rings. The van der Waals surface area contributed by atoms with Crippen LogP contribution in [0.5, 0.6) is 5.88 Å². The third-order valence-corrected chi connectivity index (χ3v) is 7.29. The molecule has 1 aliphatic carbocycles. The Morgan fingerprint density at radius 3 is 2.40 bits per heavy atom. The number of rotatable bonds is 1. The Bertz CT molecular complexity index is 1670. The Balaban J connectivity index is 1.65. The van der Waals surface area contributed by atoms with Gasteiger partial charge in [0, 0.05) is 32.4 Å². The molecule has 3 heterocycles. The molecule has 2 aliphatic heterocycles. The molecular formula is C27H14BrN3O4. The van der Waals surface area contributed by atoms with Gasteiger partial charge in [-0.2, -0.15) is 0 Å². The highest BCUT2D eigenvalue weighted by atomic mass is 79.9. The lowest BCUT2D eigenvalue weighted by Gasteiger charge is -2.37. The molecule has 1 unspecified atom stereocenters. The Morgan fingerprint density at radius 1 is 0.857 bits per heavy atom. The van der Waals surface area contributed by atoms with E-state index in [-0.39, 0.29) is 22.8 Å². The SMILES string of the molecule is O=C1C(=O)c2ccccc2C2=C1C1(C(=O)Nc3cc(Br)ccc31)c1c(n[nH]c1-c1ccccc1)O2. The summed E-state index contributed by atoms with van der Waals surface area (Å²) in [5.74, 6) is -1.52. The smallest absolute Gasteiger partial charge is 0.244 e. The van der Waals surface area contributed by atoms with Crippen molar-refractivity contribution in [2.45, 2.75) is 5.41 Å². The fraction of sp³-hybridized carbons (Fsp3) is 0.0370. The highest BCUT2D eigenvalue weighted by molar-refractivity contribution is 9.10. The van der Waals surface area contributed by atoms with Gasteiger partial charge in [0.1, 0.15) is 11.2 Å². The minimum Gasteiger partial charge on any atom is -0.436 e. The number of Topliss-reactive ketones (excluding diaryl/α,β-unsaturated/α-hetero) is 2. The molecule has 3 aliphatic rings. The summed E-state index contributed by atoms with van der Waals surface area (Å²) >= 11 is 3.46. The number of fused-ring (bicyclic) bond motifs is 7. The van der Waals surface area contributed by atoms with Gasteiger partial charge in [0.05, 0.1) is 16.8 Å². The first kappa shape index (κ1) is 20.1. The average Bonchev–Trinajstić information content (AvgIpc) is 3.42. The van der Waals surface area contributed by atoms with Crippen LogP contribution in [0.25, 0.3) is 17.0 Å². The monoisotopic (exact) mass is 523 g/mol. The maximum Gasteiger partial charge on any atom is 0.244 e. The number of nitrogens with zero attached hydrogens (tertiary/aromatic N) is 1. The number of aromatic nitrogens is 2. The fourth-order valence-electron chi connectivity index (χ4n) is 5.36. The highest BCUT2D eigenvalue weighted by Crippen LogP contribution is 2.58. The minimum atomic E-state index is -1.63. The molecule has 0 fully saturated rings. The molecule has 1 atom stereocenters. The van der Waals surface area contributed by atoms with Gasteiger partial charge < -0.3 is 10.1 Å². The maximum absolute atomic E-state index is 14.1. The molecule has 0 bridgehead atoms. The van der Waals surface area contributed by atoms with Crippen molar-refractivity contribution in [1.29, 1.82) is 0 Å². The van der Waals surface area contributed by atoms with Gasteiger partial charge in [-0.1, -0.05) is 76.6 Å². The van der Waals surface area contributed by atoms with Gasteiger partial charge in [0.15, 0.2) is 0 Å². The Kier molecular flexibility index (Phi) is 3.94. The van der Waals surface area contributed by atoms with Gasteiger partial charge >= 0.3 is 0 Å². The molecule has 7 rings (SSSR count). The van der Waals surface area contributed by atoms with Crippen LogP contribution in [0.3, 0.4) is 0 Å². The lowest BCUT2D eigenvalue weighted by molar-refractivity contribution is -0.121. The molecule has 0 saturated carbocycles. The van der Waals surface area contributed by atoms with E-state index in [1.165, 1.54) is 0 Å². The van der Waals surface area contributed by atoms with Crippen LogP contribution in [-0.4, -0.2) is 27.7 Å². The van der Waals surface area contributed by atoms with Gasteiger partial charge in [-0.05, 0) is 12.1 Å². The van der Waals surface area contributed by atoms with Gasteiger partial charge in [-0.3, -0.25) is 19.5 Å². The van der Waals surface area contributed by atoms with E-state index >= 15 is 0 Å². The summed E-state index contributed by atoms with van der Waals surface area (Å²) in [7, 11) is 0. The summed E-state index contributed by atoms with van der Waals surface area (Å²) in [6.07, 6.45) is 0. The molecule has 0 saturated heterocycles. The van der Waals surface area contributed by atoms with E-state index in [9.17, 15) is 14.4 Å². The van der Waals surface area contributed by atoms with E-state index in [1.807, 2.05) is 36.4 Å². The van der Waals surface area contributed by atoms with Crippen molar-refractivity contribution >= 4 is 44.9 Å². The largest absolute Gasteiger partial charge is 0.436 e. The number of hydrogen-bond donors (Lipinski definition) is 2. The van der Waals surface area contributed by atoms with E-state index < -0.39 is 22.9 Å². The molecule has 0 radical (unpaired) electrons. The summed E-state index contributed by atoms with van der Waals surface area (Å²) in [5, 5.41) is 10.4. The quantitative estimate of drug-likeness (QED) is 0.353.